The predicted octanol–water partition coefficient (Wildman–Crippen LogP) is 5.05. The molecular formula is C20H23NO2S. The van der Waals surface area contributed by atoms with Gasteiger partial charge in [-0.15, -0.1) is 0 Å². The quantitative estimate of drug-likeness (QED) is 0.564. The summed E-state index contributed by atoms with van der Waals surface area (Å²) in [6, 6.07) is 16.4. The van der Waals surface area contributed by atoms with Crippen molar-refractivity contribution in [2.45, 2.75) is 48.9 Å². The zero-order chi connectivity index (χ0) is 17.0. The molecular weight excluding hydrogens is 318 g/mol. The van der Waals surface area contributed by atoms with E-state index in [4.69, 9.17) is 0 Å². The van der Waals surface area contributed by atoms with Crippen molar-refractivity contribution in [2.24, 2.45) is 0 Å². The molecule has 24 heavy (non-hydrogen) atoms. The fraction of sp³-hybridized carbons (Fsp3) is 0.300. The second-order valence-electron chi connectivity index (χ2n) is 6.08. The number of hydrogen-bond acceptors (Lipinski definition) is 2. The number of rotatable bonds is 7. The van der Waals surface area contributed by atoms with Gasteiger partial charge in [0, 0.05) is 23.6 Å². The summed E-state index contributed by atoms with van der Waals surface area (Å²) in [5.74, 6) is 0. The monoisotopic (exact) mass is 341 g/mol. The summed E-state index contributed by atoms with van der Waals surface area (Å²) in [5, 5.41) is 0.803. The summed E-state index contributed by atoms with van der Waals surface area (Å²) >= 11 is 0. The molecule has 0 atom stereocenters. The van der Waals surface area contributed by atoms with Gasteiger partial charge >= 0.3 is 0 Å². The largest absolute Gasteiger partial charge is 0.346 e. The minimum absolute atomic E-state index is 0.346. The maximum Gasteiger partial charge on any atom is 0.208 e. The van der Waals surface area contributed by atoms with Gasteiger partial charge in [0.2, 0.25) is 9.84 Å². The van der Waals surface area contributed by atoms with E-state index in [-0.39, 0.29) is 0 Å². The van der Waals surface area contributed by atoms with Crippen LogP contribution in [0.1, 0.15) is 32.6 Å². The molecule has 0 amide bonds. The second kappa shape index (κ2) is 7.22. The lowest BCUT2D eigenvalue weighted by Crippen LogP contribution is -2.01. The zero-order valence-corrected chi connectivity index (χ0v) is 14.8. The Bertz CT molecular complexity index is 911. The standard InChI is InChI=1S/C20H23NO2S/c1-2-3-4-10-15-21-16-20(18-13-8-9-14-19(18)21)24(22,23)17-11-6-5-7-12-17/h5-9,11-14,16H,2-4,10,15H2,1H3. The molecule has 0 N–H and O–H groups in total. The molecule has 0 aliphatic heterocycles. The first kappa shape index (κ1) is 16.8. The number of para-hydroxylation sites is 1. The van der Waals surface area contributed by atoms with Crippen LogP contribution in [0.25, 0.3) is 10.9 Å². The van der Waals surface area contributed by atoms with Crippen LogP contribution in [0.4, 0.5) is 0 Å². The van der Waals surface area contributed by atoms with E-state index in [1.165, 1.54) is 19.3 Å². The highest BCUT2D eigenvalue weighted by atomic mass is 32.2. The Morgan fingerprint density at radius 2 is 1.58 bits per heavy atom. The number of benzene rings is 2. The summed E-state index contributed by atoms with van der Waals surface area (Å²) in [6.07, 6.45) is 6.45. The van der Waals surface area contributed by atoms with Gasteiger partial charge in [0.05, 0.1) is 9.79 Å². The van der Waals surface area contributed by atoms with E-state index >= 15 is 0 Å². The Hall–Kier alpha value is -2.07. The van der Waals surface area contributed by atoms with E-state index in [0.717, 1.165) is 23.9 Å². The lowest BCUT2D eigenvalue weighted by atomic mass is 10.2. The van der Waals surface area contributed by atoms with Gasteiger partial charge in [0.1, 0.15) is 0 Å². The highest BCUT2D eigenvalue weighted by Crippen LogP contribution is 2.30. The topological polar surface area (TPSA) is 39.1 Å². The maximum absolute atomic E-state index is 13.0. The molecule has 0 radical (unpaired) electrons. The second-order valence-corrected chi connectivity index (χ2v) is 8.00. The van der Waals surface area contributed by atoms with Crippen LogP contribution in [0.5, 0.6) is 0 Å². The van der Waals surface area contributed by atoms with Crippen LogP contribution >= 0.6 is 0 Å². The van der Waals surface area contributed by atoms with Gasteiger partial charge in [-0.25, -0.2) is 8.42 Å². The Morgan fingerprint density at radius 3 is 2.33 bits per heavy atom. The third-order valence-electron chi connectivity index (χ3n) is 4.35. The smallest absolute Gasteiger partial charge is 0.208 e. The van der Waals surface area contributed by atoms with Crippen molar-refractivity contribution in [3.8, 4) is 0 Å². The number of fused-ring (bicyclic) bond motifs is 1. The highest BCUT2D eigenvalue weighted by Gasteiger charge is 2.22. The molecule has 0 spiro atoms. The molecule has 3 aromatic rings. The third-order valence-corrected chi connectivity index (χ3v) is 6.14. The first-order valence-electron chi connectivity index (χ1n) is 8.52. The number of sulfone groups is 1. The van der Waals surface area contributed by atoms with Crippen molar-refractivity contribution in [2.75, 3.05) is 0 Å². The van der Waals surface area contributed by atoms with Gasteiger partial charge < -0.3 is 4.57 Å². The molecule has 4 heteroatoms. The van der Waals surface area contributed by atoms with Crippen molar-refractivity contribution in [3.63, 3.8) is 0 Å². The summed E-state index contributed by atoms with van der Waals surface area (Å²) in [5.41, 5.74) is 0.989. The van der Waals surface area contributed by atoms with Gasteiger partial charge in [0.15, 0.2) is 0 Å². The van der Waals surface area contributed by atoms with E-state index in [1.807, 2.05) is 30.3 Å². The SMILES string of the molecule is CCCCCCn1cc(S(=O)(=O)c2ccccc2)c2ccccc21. The van der Waals surface area contributed by atoms with Gasteiger partial charge in [-0.05, 0) is 24.6 Å². The average molecular weight is 341 g/mol. The molecule has 0 fully saturated rings. The van der Waals surface area contributed by atoms with Crippen molar-refractivity contribution in [3.05, 3.63) is 60.8 Å². The minimum Gasteiger partial charge on any atom is -0.346 e. The Labute approximate surface area is 143 Å². The number of unbranched alkanes of at least 4 members (excludes halogenated alkanes) is 3. The lowest BCUT2D eigenvalue weighted by Gasteiger charge is -2.04. The van der Waals surface area contributed by atoms with Crippen LogP contribution in [0, 0.1) is 0 Å². The maximum atomic E-state index is 13.0. The zero-order valence-electron chi connectivity index (χ0n) is 14.0. The fourth-order valence-corrected chi connectivity index (χ4v) is 4.55. The number of aryl methyl sites for hydroxylation is 1. The molecule has 0 aliphatic carbocycles. The Kier molecular flexibility index (Phi) is 5.05. The van der Waals surface area contributed by atoms with Crippen molar-refractivity contribution in [1.82, 2.24) is 4.57 Å². The van der Waals surface area contributed by atoms with Gasteiger partial charge in [-0.3, -0.25) is 0 Å². The molecule has 2 aromatic carbocycles. The molecule has 0 saturated carbocycles. The summed E-state index contributed by atoms with van der Waals surface area (Å²) in [4.78, 5) is 0.749. The molecule has 3 nitrogen and oxygen atoms in total. The average Bonchev–Trinajstić information content (AvgIpc) is 2.99. The van der Waals surface area contributed by atoms with Crippen LogP contribution in [-0.4, -0.2) is 13.0 Å². The van der Waals surface area contributed by atoms with Crippen molar-refractivity contribution >= 4 is 20.7 Å². The van der Waals surface area contributed by atoms with Crippen LogP contribution in [0.3, 0.4) is 0 Å². The number of aromatic nitrogens is 1. The molecule has 1 aromatic heterocycles. The molecule has 0 bridgehead atoms. The van der Waals surface area contributed by atoms with E-state index in [2.05, 4.69) is 11.5 Å². The minimum atomic E-state index is -3.50. The summed E-state index contributed by atoms with van der Waals surface area (Å²) < 4.78 is 28.1. The first-order chi connectivity index (χ1) is 11.6. The molecule has 3 rings (SSSR count). The molecule has 0 aliphatic rings. The predicted molar refractivity (Wildman–Crippen MR) is 98.0 cm³/mol. The number of hydrogen-bond donors (Lipinski definition) is 0. The van der Waals surface area contributed by atoms with E-state index in [0.29, 0.717) is 9.79 Å². The summed E-state index contributed by atoms with van der Waals surface area (Å²) in [7, 11) is -3.50. The normalized spacial score (nSPS) is 11.9. The fourth-order valence-electron chi connectivity index (χ4n) is 3.05. The van der Waals surface area contributed by atoms with Crippen LogP contribution in [-0.2, 0) is 16.4 Å². The first-order valence-corrected chi connectivity index (χ1v) is 10.0. The van der Waals surface area contributed by atoms with Crippen LogP contribution in [0.15, 0.2) is 70.6 Å². The third kappa shape index (κ3) is 3.24. The van der Waals surface area contributed by atoms with Crippen LogP contribution < -0.4 is 0 Å². The molecule has 126 valence electrons. The highest BCUT2D eigenvalue weighted by molar-refractivity contribution is 7.91. The van der Waals surface area contributed by atoms with Crippen molar-refractivity contribution in [1.29, 1.82) is 0 Å². The molecule has 0 unspecified atom stereocenters. The van der Waals surface area contributed by atoms with Gasteiger partial charge in [-0.2, -0.15) is 0 Å². The Balaban J connectivity index is 2.03. The molecule has 0 saturated heterocycles. The van der Waals surface area contributed by atoms with Gasteiger partial charge in [-0.1, -0.05) is 62.6 Å². The van der Waals surface area contributed by atoms with Gasteiger partial charge in [0.25, 0.3) is 0 Å². The molecule has 1 heterocycles. The number of nitrogens with zero attached hydrogens (tertiary/aromatic N) is 1. The van der Waals surface area contributed by atoms with Crippen LogP contribution in [0.2, 0.25) is 0 Å². The van der Waals surface area contributed by atoms with Crippen molar-refractivity contribution < 1.29 is 8.42 Å². The van der Waals surface area contributed by atoms with E-state index in [1.54, 1.807) is 30.5 Å². The lowest BCUT2D eigenvalue weighted by molar-refractivity contribution is 0.586. The summed E-state index contributed by atoms with van der Waals surface area (Å²) in [6.45, 7) is 3.04. The Morgan fingerprint density at radius 1 is 0.875 bits per heavy atom. The van der Waals surface area contributed by atoms with E-state index < -0.39 is 9.84 Å². The van der Waals surface area contributed by atoms with E-state index in [9.17, 15) is 8.42 Å².